The summed E-state index contributed by atoms with van der Waals surface area (Å²) in [7, 11) is 0. The summed E-state index contributed by atoms with van der Waals surface area (Å²) < 4.78 is 11.3. The van der Waals surface area contributed by atoms with Crippen LogP contribution in [0, 0.1) is 34.0 Å². The molecular formula is C22H30O7. The van der Waals surface area contributed by atoms with Gasteiger partial charge in [-0.1, -0.05) is 13.5 Å². The van der Waals surface area contributed by atoms with E-state index in [-0.39, 0.29) is 30.8 Å². The van der Waals surface area contributed by atoms with Crippen LogP contribution in [0.4, 0.5) is 0 Å². The molecule has 6 fully saturated rings. The average molecular weight is 406 g/mol. The molecule has 7 heteroatoms. The number of carbonyl (C=O) groups excluding carboxylic acids is 2. The van der Waals surface area contributed by atoms with Crippen LogP contribution < -0.4 is 0 Å². The van der Waals surface area contributed by atoms with Crippen molar-refractivity contribution in [3.05, 3.63) is 12.2 Å². The number of ether oxygens (including phenoxy) is 2. The summed E-state index contributed by atoms with van der Waals surface area (Å²) >= 11 is 0. The minimum Gasteiger partial charge on any atom is -0.465 e. The minimum atomic E-state index is -2.02. The van der Waals surface area contributed by atoms with Crippen LogP contribution in [0.5, 0.6) is 0 Å². The molecule has 7 nitrogen and oxygen atoms in total. The number of allylic oxidation sites excluding steroid dienone is 1. The van der Waals surface area contributed by atoms with Gasteiger partial charge in [-0.3, -0.25) is 9.59 Å². The van der Waals surface area contributed by atoms with Gasteiger partial charge in [0.2, 0.25) is 5.79 Å². The highest BCUT2D eigenvalue weighted by Gasteiger charge is 2.84. The van der Waals surface area contributed by atoms with Crippen molar-refractivity contribution in [2.24, 2.45) is 34.0 Å². The fourth-order valence-electron chi connectivity index (χ4n) is 8.08. The third kappa shape index (κ3) is 1.98. The summed E-state index contributed by atoms with van der Waals surface area (Å²) in [5.41, 5.74) is -2.27. The van der Waals surface area contributed by atoms with Gasteiger partial charge >= 0.3 is 5.97 Å². The van der Waals surface area contributed by atoms with Crippen LogP contribution in [0.15, 0.2) is 12.2 Å². The maximum Gasteiger partial charge on any atom is 0.302 e. The van der Waals surface area contributed by atoms with Crippen LogP contribution >= 0.6 is 0 Å². The number of carbonyl (C=O) groups is 2. The summed E-state index contributed by atoms with van der Waals surface area (Å²) in [6.45, 7) is 7.44. The lowest BCUT2D eigenvalue weighted by atomic mass is 9.36. The Kier molecular flexibility index (Phi) is 3.86. The number of hydrogen-bond donors (Lipinski definition) is 3. The number of ketones is 1. The van der Waals surface area contributed by atoms with Crippen molar-refractivity contribution >= 4 is 11.8 Å². The Morgan fingerprint density at radius 2 is 2.03 bits per heavy atom. The molecule has 4 aliphatic carbocycles. The van der Waals surface area contributed by atoms with Crippen molar-refractivity contribution in [3.63, 3.8) is 0 Å². The number of Topliss-reactive ketones (excluding diaryl/α,β-unsaturated/α-hetero) is 1. The lowest BCUT2D eigenvalue weighted by Crippen LogP contribution is -2.84. The molecule has 29 heavy (non-hydrogen) atoms. The summed E-state index contributed by atoms with van der Waals surface area (Å²) in [4.78, 5) is 24.9. The largest absolute Gasteiger partial charge is 0.465 e. The molecule has 2 heterocycles. The summed E-state index contributed by atoms with van der Waals surface area (Å²) in [5, 5.41) is 34.6. The number of rotatable bonds is 2. The van der Waals surface area contributed by atoms with Gasteiger partial charge in [0.25, 0.3) is 0 Å². The average Bonchev–Trinajstić information content (AvgIpc) is 2.87. The highest BCUT2D eigenvalue weighted by Crippen LogP contribution is 2.76. The van der Waals surface area contributed by atoms with Crippen molar-refractivity contribution in [2.45, 2.75) is 63.9 Å². The summed E-state index contributed by atoms with van der Waals surface area (Å²) in [5.74, 6) is -3.52. The third-order valence-electron chi connectivity index (χ3n) is 9.25. The van der Waals surface area contributed by atoms with E-state index in [1.54, 1.807) is 0 Å². The maximum absolute atomic E-state index is 13.4. The maximum atomic E-state index is 13.4. The topological polar surface area (TPSA) is 113 Å². The molecule has 160 valence electrons. The highest BCUT2D eigenvalue weighted by molar-refractivity contribution is 6.04. The molecule has 0 radical (unpaired) electrons. The van der Waals surface area contributed by atoms with Crippen LogP contribution in [0.3, 0.4) is 0 Å². The first kappa shape index (κ1) is 19.7. The van der Waals surface area contributed by atoms with E-state index in [0.29, 0.717) is 31.3 Å². The molecule has 0 aromatic rings. The molecule has 2 saturated heterocycles. The Bertz CT molecular complexity index is 809. The normalized spacial score (nSPS) is 55.4. The van der Waals surface area contributed by atoms with Crippen molar-refractivity contribution in [2.75, 3.05) is 13.2 Å². The van der Waals surface area contributed by atoms with E-state index in [0.717, 1.165) is 6.42 Å². The molecule has 0 aromatic heterocycles. The summed E-state index contributed by atoms with van der Waals surface area (Å²) in [6.07, 6.45) is 0.743. The molecule has 0 unspecified atom stereocenters. The van der Waals surface area contributed by atoms with E-state index in [9.17, 15) is 24.9 Å². The van der Waals surface area contributed by atoms with E-state index < -0.39 is 46.1 Å². The van der Waals surface area contributed by atoms with E-state index in [1.165, 1.54) is 6.92 Å². The minimum absolute atomic E-state index is 0.0130. The molecule has 9 atom stereocenters. The Morgan fingerprint density at radius 3 is 2.72 bits per heavy atom. The van der Waals surface area contributed by atoms with E-state index >= 15 is 0 Å². The van der Waals surface area contributed by atoms with E-state index in [1.807, 2.05) is 6.92 Å². The fraction of sp³-hybridized carbons (Fsp3) is 0.818. The first-order chi connectivity index (χ1) is 13.5. The second-order valence-electron chi connectivity index (χ2n) is 10.4. The zero-order chi connectivity index (χ0) is 21.0. The van der Waals surface area contributed by atoms with Crippen LogP contribution in [-0.2, 0) is 19.1 Å². The van der Waals surface area contributed by atoms with Crippen LogP contribution in [0.2, 0.25) is 0 Å². The van der Waals surface area contributed by atoms with Gasteiger partial charge < -0.3 is 24.8 Å². The molecule has 0 amide bonds. The molecule has 2 spiro atoms. The standard InChI is InChI=1S/C22H30O7/c1-11-13-4-5-14-20-10-29-22(27,21(14,8-13)17(11)25)18(26)16(20)19(3,7-6-15(20)24)9-28-12(2)23/h13-16,18,24,26-27H,1,4-10H2,2-3H3/t13-,14-,15-,16+,18-,19-,20+,21-,22+/m0/s1. The third-order valence-corrected chi connectivity index (χ3v) is 9.25. The predicted octanol–water partition coefficient (Wildman–Crippen LogP) is 0.948. The number of hydrogen-bond acceptors (Lipinski definition) is 7. The SMILES string of the molecule is C=C1C(=O)[C@]23C[C@@H]1CC[C@H]2[C@@]12CO[C@]3(O)[C@@H](O)[C@@H]1[C@](C)(COC(C)=O)CC[C@@H]2O. The molecule has 0 aromatic carbocycles. The number of esters is 1. The van der Waals surface area contributed by atoms with Crippen molar-refractivity contribution in [3.8, 4) is 0 Å². The molecule has 6 aliphatic rings. The molecule has 6 rings (SSSR count). The van der Waals surface area contributed by atoms with Gasteiger partial charge in [0, 0.05) is 23.7 Å². The van der Waals surface area contributed by atoms with Gasteiger partial charge in [0.1, 0.15) is 6.10 Å². The Labute approximate surface area is 170 Å². The summed E-state index contributed by atoms with van der Waals surface area (Å²) in [6, 6.07) is 0. The first-order valence-electron chi connectivity index (χ1n) is 10.6. The molecule has 4 saturated carbocycles. The van der Waals surface area contributed by atoms with Gasteiger partial charge in [0.05, 0.1) is 24.7 Å². The number of aliphatic hydroxyl groups excluding tert-OH is 2. The van der Waals surface area contributed by atoms with Gasteiger partial charge in [-0.05, 0) is 49.5 Å². The van der Waals surface area contributed by atoms with Crippen molar-refractivity contribution < 1.29 is 34.4 Å². The van der Waals surface area contributed by atoms with Gasteiger partial charge in [0.15, 0.2) is 5.78 Å². The number of fused-ring (bicyclic) bond motifs is 2. The Balaban J connectivity index is 1.69. The second kappa shape index (κ2) is 5.69. The van der Waals surface area contributed by atoms with Gasteiger partial charge in [-0.25, -0.2) is 0 Å². The van der Waals surface area contributed by atoms with Crippen LogP contribution in [0.25, 0.3) is 0 Å². The van der Waals surface area contributed by atoms with Gasteiger partial charge in [-0.2, -0.15) is 0 Å². The Morgan fingerprint density at radius 1 is 1.31 bits per heavy atom. The zero-order valence-corrected chi connectivity index (χ0v) is 17.0. The smallest absolute Gasteiger partial charge is 0.302 e. The molecule has 2 aliphatic heterocycles. The monoisotopic (exact) mass is 406 g/mol. The lowest BCUT2D eigenvalue weighted by molar-refractivity contribution is -0.450. The fourth-order valence-corrected chi connectivity index (χ4v) is 8.08. The van der Waals surface area contributed by atoms with Crippen LogP contribution in [0.1, 0.15) is 46.0 Å². The predicted molar refractivity (Wildman–Crippen MR) is 100 cm³/mol. The number of aliphatic hydroxyl groups is 3. The zero-order valence-electron chi connectivity index (χ0n) is 17.0. The van der Waals surface area contributed by atoms with E-state index in [2.05, 4.69) is 6.58 Å². The second-order valence-corrected chi connectivity index (χ2v) is 10.4. The molecule has 4 bridgehead atoms. The molecule has 3 N–H and O–H groups in total. The Hall–Kier alpha value is -1.28. The van der Waals surface area contributed by atoms with E-state index in [4.69, 9.17) is 9.47 Å². The first-order valence-corrected chi connectivity index (χ1v) is 10.6. The highest BCUT2D eigenvalue weighted by atomic mass is 16.6. The quantitative estimate of drug-likeness (QED) is 0.462. The molecular weight excluding hydrogens is 376 g/mol. The van der Waals surface area contributed by atoms with Crippen molar-refractivity contribution in [1.29, 1.82) is 0 Å². The van der Waals surface area contributed by atoms with Gasteiger partial charge in [-0.15, -0.1) is 0 Å². The van der Waals surface area contributed by atoms with Crippen molar-refractivity contribution in [1.82, 2.24) is 0 Å². The van der Waals surface area contributed by atoms with Crippen LogP contribution in [-0.4, -0.2) is 58.3 Å². The lowest BCUT2D eigenvalue weighted by Gasteiger charge is -2.74.